The van der Waals surface area contributed by atoms with Gasteiger partial charge in [0.05, 0.1) is 0 Å². The summed E-state index contributed by atoms with van der Waals surface area (Å²) in [5, 5.41) is 2.56. The fraction of sp³-hybridized carbons (Fsp3) is 0.364. The number of rotatable bonds is 4. The number of amides is 1. The van der Waals surface area contributed by atoms with Crippen molar-refractivity contribution in [2.75, 3.05) is 6.54 Å². The van der Waals surface area contributed by atoms with E-state index in [0.717, 1.165) is 0 Å². The van der Waals surface area contributed by atoms with E-state index in [2.05, 4.69) is 9.50 Å². The van der Waals surface area contributed by atoms with E-state index in [1.54, 1.807) is 6.92 Å². The number of carbonyl (C=O) groups is 1. The lowest BCUT2D eigenvalue weighted by Crippen LogP contribution is -2.22. The summed E-state index contributed by atoms with van der Waals surface area (Å²) in [5.74, 6) is -0.479. The molecule has 0 bridgehead atoms. The van der Waals surface area contributed by atoms with Crippen LogP contribution in [0.4, 0.5) is 3.89 Å². The molecule has 5 nitrogen and oxygen atoms in total. The summed E-state index contributed by atoms with van der Waals surface area (Å²) in [5.41, 5.74) is 0.338. The minimum Gasteiger partial charge on any atom is -0.358 e. The molecule has 0 heterocycles. The predicted octanol–water partition coefficient (Wildman–Crippen LogP) is 2.06. The summed E-state index contributed by atoms with van der Waals surface area (Å²) in [4.78, 5) is 11.3. The van der Waals surface area contributed by atoms with Crippen LogP contribution in [0.2, 0.25) is 0 Å². The third-order valence-corrected chi connectivity index (χ3v) is 2.04. The van der Waals surface area contributed by atoms with E-state index in [-0.39, 0.29) is 11.7 Å². The molecule has 1 aromatic carbocycles. The minimum absolute atomic E-state index is 0.185. The first-order chi connectivity index (χ1) is 8.42. The van der Waals surface area contributed by atoms with Crippen molar-refractivity contribution in [1.82, 2.24) is 5.32 Å². The largest absolute Gasteiger partial charge is 0.488 e. The highest BCUT2D eigenvalue weighted by atomic mass is 32.3. The van der Waals surface area contributed by atoms with E-state index in [9.17, 15) is 17.1 Å². The quantitative estimate of drug-likeness (QED) is 0.855. The van der Waals surface area contributed by atoms with Gasteiger partial charge in [-0.1, -0.05) is 17.7 Å². The second kappa shape index (κ2) is 7.65. The number of carbonyl (C=O) groups excluding carboxylic acids is 1. The topological polar surface area (TPSA) is 72.5 Å². The molecular formula is C11H16FNO4S. The summed E-state index contributed by atoms with van der Waals surface area (Å²) < 4.78 is 36.4. The van der Waals surface area contributed by atoms with Gasteiger partial charge in [0.15, 0.2) is 0 Å². The number of benzene rings is 1. The molecule has 0 aliphatic heterocycles. The lowest BCUT2D eigenvalue weighted by atomic mass is 10.2. The van der Waals surface area contributed by atoms with Crippen LogP contribution >= 0.6 is 0 Å². The molecule has 0 saturated heterocycles. The molecule has 7 heteroatoms. The van der Waals surface area contributed by atoms with Crippen molar-refractivity contribution >= 4 is 16.4 Å². The van der Waals surface area contributed by atoms with Crippen molar-refractivity contribution in [1.29, 1.82) is 0 Å². The van der Waals surface area contributed by atoms with Crippen LogP contribution in [0.1, 0.15) is 31.1 Å². The maximum Gasteiger partial charge on any atom is 0.488 e. The first kappa shape index (κ1) is 16.4. The zero-order chi connectivity index (χ0) is 14.2. The molecule has 0 aliphatic rings. The predicted molar refractivity (Wildman–Crippen MR) is 66.5 cm³/mol. The van der Waals surface area contributed by atoms with Gasteiger partial charge in [0.25, 0.3) is 5.91 Å². The molecule has 0 unspecified atom stereocenters. The van der Waals surface area contributed by atoms with Crippen LogP contribution in [-0.2, 0) is 10.5 Å². The van der Waals surface area contributed by atoms with E-state index in [0.29, 0.717) is 12.1 Å². The Kier molecular flexibility index (Phi) is 6.96. The van der Waals surface area contributed by atoms with Gasteiger partial charge in [-0.3, -0.25) is 4.79 Å². The standard InChI is InChI=1S/C9H10FNO4S.C2H6/c1-2-11-9(12)7-3-5-8(6-4-7)15-16(10,13)14;1-2/h3-6H,2H2,1H3,(H,11,12);1-2H3. The van der Waals surface area contributed by atoms with E-state index >= 15 is 0 Å². The molecular weight excluding hydrogens is 261 g/mol. The van der Waals surface area contributed by atoms with Gasteiger partial charge in [0, 0.05) is 12.1 Å². The Hall–Kier alpha value is -1.63. The van der Waals surface area contributed by atoms with E-state index in [4.69, 9.17) is 0 Å². The van der Waals surface area contributed by atoms with Gasteiger partial charge in [-0.2, -0.15) is 8.42 Å². The Balaban J connectivity index is 0.00000137. The Morgan fingerprint density at radius 3 is 2.17 bits per heavy atom. The zero-order valence-electron chi connectivity index (χ0n) is 10.4. The van der Waals surface area contributed by atoms with Crippen molar-refractivity contribution in [2.45, 2.75) is 20.8 Å². The number of halogens is 1. The van der Waals surface area contributed by atoms with Crippen molar-refractivity contribution < 1.29 is 21.3 Å². The van der Waals surface area contributed by atoms with Crippen LogP contribution in [0, 0.1) is 0 Å². The number of hydrogen-bond donors (Lipinski definition) is 1. The van der Waals surface area contributed by atoms with Crippen molar-refractivity contribution in [3.63, 3.8) is 0 Å². The highest BCUT2D eigenvalue weighted by Gasteiger charge is 2.10. The van der Waals surface area contributed by atoms with Crippen molar-refractivity contribution in [3.05, 3.63) is 29.8 Å². The number of nitrogens with one attached hydrogen (secondary N) is 1. The molecule has 102 valence electrons. The van der Waals surface area contributed by atoms with Crippen LogP contribution in [0.15, 0.2) is 24.3 Å². The second-order valence-corrected chi connectivity index (χ2v) is 3.81. The molecule has 0 radical (unpaired) electrons. The van der Waals surface area contributed by atoms with E-state index in [1.807, 2.05) is 13.8 Å². The molecule has 1 amide bonds. The highest BCUT2D eigenvalue weighted by molar-refractivity contribution is 7.81. The monoisotopic (exact) mass is 277 g/mol. The van der Waals surface area contributed by atoms with Crippen molar-refractivity contribution in [2.24, 2.45) is 0 Å². The highest BCUT2D eigenvalue weighted by Crippen LogP contribution is 2.14. The Morgan fingerprint density at radius 2 is 1.78 bits per heavy atom. The molecule has 18 heavy (non-hydrogen) atoms. The second-order valence-electron chi connectivity index (χ2n) is 2.86. The summed E-state index contributed by atoms with van der Waals surface area (Å²) in [6, 6.07) is 5.07. The van der Waals surface area contributed by atoms with E-state index in [1.165, 1.54) is 24.3 Å². The average Bonchev–Trinajstić information content (AvgIpc) is 2.31. The third-order valence-electron chi connectivity index (χ3n) is 1.65. The van der Waals surface area contributed by atoms with Crippen LogP contribution < -0.4 is 9.50 Å². The van der Waals surface area contributed by atoms with Crippen LogP contribution in [-0.4, -0.2) is 20.9 Å². The molecule has 1 rings (SSSR count). The minimum atomic E-state index is -5.02. The molecule has 0 atom stereocenters. The Bertz CT molecular complexity index is 470. The van der Waals surface area contributed by atoms with E-state index < -0.39 is 10.5 Å². The third kappa shape index (κ3) is 6.19. The molecule has 0 aromatic heterocycles. The Labute approximate surface area is 106 Å². The molecule has 0 saturated carbocycles. The van der Waals surface area contributed by atoms with Crippen molar-refractivity contribution in [3.8, 4) is 5.75 Å². The van der Waals surface area contributed by atoms with Gasteiger partial charge in [-0.15, -0.1) is 0 Å². The van der Waals surface area contributed by atoms with Gasteiger partial charge < -0.3 is 9.50 Å². The van der Waals surface area contributed by atoms with Gasteiger partial charge in [-0.05, 0) is 31.2 Å². The van der Waals surface area contributed by atoms with Crippen LogP contribution in [0.3, 0.4) is 0 Å². The van der Waals surface area contributed by atoms with Gasteiger partial charge in [0.1, 0.15) is 5.75 Å². The fourth-order valence-electron chi connectivity index (χ4n) is 1.04. The van der Waals surface area contributed by atoms with Crippen LogP contribution in [0.25, 0.3) is 0 Å². The first-order valence-electron chi connectivity index (χ1n) is 5.44. The first-order valence-corrected chi connectivity index (χ1v) is 6.75. The van der Waals surface area contributed by atoms with Gasteiger partial charge in [0.2, 0.25) is 0 Å². The molecule has 0 spiro atoms. The molecule has 0 aliphatic carbocycles. The van der Waals surface area contributed by atoms with Crippen LogP contribution in [0.5, 0.6) is 5.75 Å². The fourth-order valence-corrected chi connectivity index (χ4v) is 1.38. The maximum absolute atomic E-state index is 12.1. The summed E-state index contributed by atoms with van der Waals surface area (Å²) in [6.07, 6.45) is 0. The summed E-state index contributed by atoms with van der Waals surface area (Å²) in [7, 11) is -5.02. The summed E-state index contributed by atoms with van der Waals surface area (Å²) >= 11 is 0. The smallest absolute Gasteiger partial charge is 0.358 e. The van der Waals surface area contributed by atoms with Gasteiger partial charge >= 0.3 is 10.5 Å². The summed E-state index contributed by atoms with van der Waals surface area (Å²) in [6.45, 7) is 6.25. The SMILES string of the molecule is CC.CCNC(=O)c1ccc(OS(=O)(=O)F)cc1. The Morgan fingerprint density at radius 1 is 1.28 bits per heavy atom. The normalized spacial score (nSPS) is 10.0. The lowest BCUT2D eigenvalue weighted by Gasteiger charge is -2.03. The molecule has 1 aromatic rings. The number of hydrogen-bond acceptors (Lipinski definition) is 4. The lowest BCUT2D eigenvalue weighted by molar-refractivity contribution is 0.0956. The maximum atomic E-state index is 12.1. The average molecular weight is 277 g/mol. The zero-order valence-corrected chi connectivity index (χ0v) is 11.3. The van der Waals surface area contributed by atoms with Gasteiger partial charge in [-0.25, -0.2) is 0 Å². The molecule has 0 fully saturated rings. The molecule has 1 N–H and O–H groups in total.